The molecule has 0 aliphatic carbocycles. The molecule has 0 bridgehead atoms. The van der Waals surface area contributed by atoms with Gasteiger partial charge < -0.3 is 4.90 Å². The first-order chi connectivity index (χ1) is 13.0. The van der Waals surface area contributed by atoms with Crippen LogP contribution in [0.3, 0.4) is 0 Å². The molecule has 0 radical (unpaired) electrons. The third kappa shape index (κ3) is 4.39. The van der Waals surface area contributed by atoms with Crippen molar-refractivity contribution in [3.8, 4) is 10.6 Å². The summed E-state index contributed by atoms with van der Waals surface area (Å²) in [6.07, 6.45) is 1.04. The maximum absolute atomic E-state index is 12.6. The summed E-state index contributed by atoms with van der Waals surface area (Å²) in [5.41, 5.74) is 1.88. The van der Waals surface area contributed by atoms with E-state index in [1.165, 1.54) is 0 Å². The van der Waals surface area contributed by atoms with Crippen LogP contribution < -0.4 is 0 Å². The molecule has 27 heavy (non-hydrogen) atoms. The van der Waals surface area contributed by atoms with Crippen LogP contribution in [0, 0.1) is 0 Å². The number of nitrogens with zero attached hydrogens (tertiary/aromatic N) is 3. The summed E-state index contributed by atoms with van der Waals surface area (Å²) in [6.45, 7) is 2.81. The summed E-state index contributed by atoms with van der Waals surface area (Å²) < 4.78 is 23.3. The third-order valence-electron chi connectivity index (χ3n) is 5.30. The first-order valence-electron chi connectivity index (χ1n) is 9.22. The molecule has 3 heterocycles. The SMILES string of the molecule is O=C(Cc1csc(-c2ccccc2)n1)N1CCN(C2CCS(=O)(=O)C2)CC1. The van der Waals surface area contributed by atoms with Crippen LogP contribution >= 0.6 is 11.3 Å². The summed E-state index contributed by atoms with van der Waals surface area (Å²) in [5.74, 6) is 0.658. The van der Waals surface area contributed by atoms with Gasteiger partial charge in [0.05, 0.1) is 23.6 Å². The zero-order valence-electron chi connectivity index (χ0n) is 15.1. The Labute approximate surface area is 163 Å². The fraction of sp³-hybridized carbons (Fsp3) is 0.474. The molecule has 6 nitrogen and oxygen atoms in total. The van der Waals surface area contributed by atoms with Crippen molar-refractivity contribution >= 4 is 27.1 Å². The van der Waals surface area contributed by atoms with E-state index in [4.69, 9.17) is 0 Å². The molecule has 1 unspecified atom stereocenters. The normalized spacial score (nSPS) is 22.8. The van der Waals surface area contributed by atoms with E-state index in [1.807, 2.05) is 40.6 Å². The highest BCUT2D eigenvalue weighted by molar-refractivity contribution is 7.91. The zero-order chi connectivity index (χ0) is 18.9. The number of benzene rings is 1. The average Bonchev–Trinajstić information content (AvgIpc) is 3.29. The second-order valence-corrected chi connectivity index (χ2v) is 10.2. The van der Waals surface area contributed by atoms with Crippen LogP contribution in [-0.2, 0) is 21.1 Å². The van der Waals surface area contributed by atoms with Crippen molar-refractivity contribution in [3.63, 3.8) is 0 Å². The van der Waals surface area contributed by atoms with Gasteiger partial charge in [0.2, 0.25) is 5.91 Å². The first-order valence-corrected chi connectivity index (χ1v) is 11.9. The second-order valence-electron chi connectivity index (χ2n) is 7.16. The molecule has 0 N–H and O–H groups in total. The molecule has 2 fully saturated rings. The summed E-state index contributed by atoms with van der Waals surface area (Å²) in [5, 5.41) is 2.89. The second kappa shape index (κ2) is 7.69. The van der Waals surface area contributed by atoms with E-state index in [0.717, 1.165) is 35.8 Å². The number of rotatable bonds is 4. The van der Waals surface area contributed by atoms with Gasteiger partial charge in [-0.05, 0) is 6.42 Å². The van der Waals surface area contributed by atoms with E-state index < -0.39 is 9.84 Å². The highest BCUT2D eigenvalue weighted by Crippen LogP contribution is 2.24. The third-order valence-corrected chi connectivity index (χ3v) is 7.99. The lowest BCUT2D eigenvalue weighted by molar-refractivity contribution is -0.132. The van der Waals surface area contributed by atoms with Gasteiger partial charge in [-0.3, -0.25) is 9.69 Å². The lowest BCUT2D eigenvalue weighted by Gasteiger charge is -2.37. The number of amides is 1. The first kappa shape index (κ1) is 18.6. The molecule has 1 aromatic heterocycles. The van der Waals surface area contributed by atoms with Gasteiger partial charge in [-0.25, -0.2) is 13.4 Å². The van der Waals surface area contributed by atoms with Crippen LogP contribution in [0.1, 0.15) is 12.1 Å². The summed E-state index contributed by atoms with van der Waals surface area (Å²) in [4.78, 5) is 21.3. The van der Waals surface area contributed by atoms with E-state index in [-0.39, 0.29) is 17.7 Å². The summed E-state index contributed by atoms with van der Waals surface area (Å²) in [6, 6.07) is 10.1. The average molecular weight is 406 g/mol. The van der Waals surface area contributed by atoms with E-state index in [2.05, 4.69) is 9.88 Å². The number of piperazine rings is 1. The number of hydrogen-bond acceptors (Lipinski definition) is 6. The predicted molar refractivity (Wildman–Crippen MR) is 106 cm³/mol. The topological polar surface area (TPSA) is 70.6 Å². The van der Waals surface area contributed by atoms with Crippen molar-refractivity contribution in [1.82, 2.24) is 14.8 Å². The predicted octanol–water partition coefficient (Wildman–Crippen LogP) is 1.68. The molecule has 8 heteroatoms. The van der Waals surface area contributed by atoms with Gasteiger partial charge in [0.15, 0.2) is 9.84 Å². The minimum Gasteiger partial charge on any atom is -0.340 e. The van der Waals surface area contributed by atoms with Gasteiger partial charge in [0.1, 0.15) is 5.01 Å². The molecule has 4 rings (SSSR count). The van der Waals surface area contributed by atoms with Crippen molar-refractivity contribution in [2.24, 2.45) is 0 Å². The standard InChI is InChI=1S/C19H23N3O3S2/c23-18(12-16-13-26-19(20-16)15-4-2-1-3-5-15)22-9-7-21(8-10-22)17-6-11-27(24,25)14-17/h1-5,13,17H,6-12,14H2. The molecular formula is C19H23N3O3S2. The Balaban J connectivity index is 1.31. The molecule has 144 valence electrons. The van der Waals surface area contributed by atoms with Crippen LogP contribution in [0.15, 0.2) is 35.7 Å². The molecule has 1 aromatic carbocycles. The highest BCUT2D eigenvalue weighted by atomic mass is 32.2. The van der Waals surface area contributed by atoms with Crippen LogP contribution in [0.5, 0.6) is 0 Å². The number of sulfone groups is 1. The fourth-order valence-electron chi connectivity index (χ4n) is 3.77. The van der Waals surface area contributed by atoms with Crippen LogP contribution in [0.4, 0.5) is 0 Å². The van der Waals surface area contributed by atoms with Crippen LogP contribution in [0.25, 0.3) is 10.6 Å². The number of thiazole rings is 1. The number of hydrogen-bond donors (Lipinski definition) is 0. The van der Waals surface area contributed by atoms with Gasteiger partial charge in [-0.2, -0.15) is 0 Å². The van der Waals surface area contributed by atoms with E-state index in [1.54, 1.807) is 11.3 Å². The monoisotopic (exact) mass is 405 g/mol. The van der Waals surface area contributed by atoms with Crippen LogP contribution in [0.2, 0.25) is 0 Å². The van der Waals surface area contributed by atoms with Crippen molar-refractivity contribution in [1.29, 1.82) is 0 Å². The molecule has 2 aliphatic heterocycles. The Morgan fingerprint density at radius 1 is 1.15 bits per heavy atom. The van der Waals surface area contributed by atoms with Crippen molar-refractivity contribution in [2.45, 2.75) is 18.9 Å². The molecule has 1 amide bonds. The quantitative estimate of drug-likeness (QED) is 0.774. The van der Waals surface area contributed by atoms with Gasteiger partial charge in [-0.1, -0.05) is 30.3 Å². The summed E-state index contributed by atoms with van der Waals surface area (Å²) in [7, 11) is -2.87. The number of carbonyl (C=O) groups excluding carboxylic acids is 1. The minimum atomic E-state index is -2.87. The van der Waals surface area contributed by atoms with Crippen molar-refractivity contribution in [3.05, 3.63) is 41.4 Å². The van der Waals surface area contributed by atoms with Gasteiger partial charge in [-0.15, -0.1) is 11.3 Å². The molecule has 2 aliphatic rings. The lowest BCUT2D eigenvalue weighted by atomic mass is 10.2. The maximum Gasteiger partial charge on any atom is 0.228 e. The molecule has 0 spiro atoms. The fourth-order valence-corrected chi connectivity index (χ4v) is 6.36. The van der Waals surface area contributed by atoms with Crippen molar-refractivity contribution < 1.29 is 13.2 Å². The van der Waals surface area contributed by atoms with Crippen molar-refractivity contribution in [2.75, 3.05) is 37.7 Å². The Morgan fingerprint density at radius 2 is 1.89 bits per heavy atom. The molecule has 2 saturated heterocycles. The van der Waals surface area contributed by atoms with E-state index in [9.17, 15) is 13.2 Å². The Bertz CT molecular complexity index is 903. The molecule has 2 aromatic rings. The van der Waals surface area contributed by atoms with Crippen LogP contribution in [-0.4, -0.2) is 72.8 Å². The Morgan fingerprint density at radius 3 is 2.56 bits per heavy atom. The van der Waals surface area contributed by atoms with Gasteiger partial charge in [0, 0.05) is 43.2 Å². The van der Waals surface area contributed by atoms with Gasteiger partial charge in [0.25, 0.3) is 0 Å². The lowest BCUT2D eigenvalue weighted by Crippen LogP contribution is -2.52. The Hall–Kier alpha value is -1.77. The maximum atomic E-state index is 12.6. The van der Waals surface area contributed by atoms with Gasteiger partial charge >= 0.3 is 0 Å². The molecule has 0 saturated carbocycles. The van der Waals surface area contributed by atoms with E-state index >= 15 is 0 Å². The largest absolute Gasteiger partial charge is 0.340 e. The summed E-state index contributed by atoms with van der Waals surface area (Å²) >= 11 is 1.56. The number of carbonyl (C=O) groups is 1. The van der Waals surface area contributed by atoms with E-state index in [0.29, 0.717) is 25.3 Å². The number of aromatic nitrogens is 1. The molecule has 1 atom stereocenters. The highest BCUT2D eigenvalue weighted by Gasteiger charge is 2.34. The minimum absolute atomic E-state index is 0.0959. The smallest absolute Gasteiger partial charge is 0.228 e. The zero-order valence-corrected chi connectivity index (χ0v) is 16.7. The Kier molecular flexibility index (Phi) is 5.29. The molecular weight excluding hydrogens is 382 g/mol.